The average Bonchev–Trinajstić information content (AvgIpc) is 3.31. The molecular formula is C18H23N3O2S. The van der Waals surface area contributed by atoms with E-state index in [1.165, 1.54) is 11.1 Å². The zero-order valence-corrected chi connectivity index (χ0v) is 14.5. The molecule has 5 nitrogen and oxygen atoms in total. The molecule has 1 aromatic carbocycles. The van der Waals surface area contributed by atoms with Crippen molar-refractivity contribution in [3.8, 4) is 0 Å². The Bertz CT molecular complexity index is 801. The van der Waals surface area contributed by atoms with Crippen molar-refractivity contribution in [2.75, 3.05) is 18.8 Å². The summed E-state index contributed by atoms with van der Waals surface area (Å²) in [7, 11) is -3.18. The number of aromatic nitrogens is 2. The van der Waals surface area contributed by atoms with Gasteiger partial charge in [-0.25, -0.2) is 8.42 Å². The average molecular weight is 345 g/mol. The summed E-state index contributed by atoms with van der Waals surface area (Å²) in [6.45, 7) is 1.15. The van der Waals surface area contributed by atoms with Crippen molar-refractivity contribution >= 4 is 10.0 Å². The Hall–Kier alpha value is -1.66. The fourth-order valence-corrected chi connectivity index (χ4v) is 5.66. The van der Waals surface area contributed by atoms with E-state index in [9.17, 15) is 8.42 Å². The Morgan fingerprint density at radius 1 is 1.17 bits per heavy atom. The molecule has 6 heteroatoms. The molecule has 0 radical (unpaired) electrons. The van der Waals surface area contributed by atoms with Crippen LogP contribution in [0.25, 0.3) is 0 Å². The monoisotopic (exact) mass is 345 g/mol. The van der Waals surface area contributed by atoms with Gasteiger partial charge in [-0.15, -0.1) is 0 Å². The van der Waals surface area contributed by atoms with E-state index in [0.29, 0.717) is 19.0 Å². The highest BCUT2D eigenvalue weighted by atomic mass is 32.2. The van der Waals surface area contributed by atoms with Crippen LogP contribution < -0.4 is 0 Å². The Balaban J connectivity index is 1.38. The van der Waals surface area contributed by atoms with Crippen molar-refractivity contribution < 1.29 is 8.42 Å². The van der Waals surface area contributed by atoms with Gasteiger partial charge in [0.05, 0.1) is 11.8 Å². The molecule has 0 saturated carbocycles. The summed E-state index contributed by atoms with van der Waals surface area (Å²) in [4.78, 5) is 0. The number of nitrogens with zero attached hydrogens (tertiary/aromatic N) is 3. The van der Waals surface area contributed by atoms with Gasteiger partial charge in [0.1, 0.15) is 0 Å². The molecule has 2 unspecified atom stereocenters. The molecule has 128 valence electrons. The van der Waals surface area contributed by atoms with Crippen LogP contribution in [0.15, 0.2) is 42.7 Å². The third-order valence-corrected chi connectivity index (χ3v) is 7.27. The molecule has 2 atom stereocenters. The summed E-state index contributed by atoms with van der Waals surface area (Å²) in [6.07, 6.45) is 7.37. The van der Waals surface area contributed by atoms with E-state index < -0.39 is 10.0 Å². The van der Waals surface area contributed by atoms with E-state index in [1.807, 2.05) is 16.9 Å². The van der Waals surface area contributed by atoms with Gasteiger partial charge in [0.15, 0.2) is 0 Å². The zero-order chi connectivity index (χ0) is 16.6. The molecule has 2 heterocycles. The van der Waals surface area contributed by atoms with Crippen LogP contribution in [0, 0.1) is 0 Å². The Kier molecular flexibility index (Phi) is 4.18. The first-order chi connectivity index (χ1) is 11.6. The minimum Gasteiger partial charge on any atom is -0.268 e. The first-order valence-electron chi connectivity index (χ1n) is 8.68. The molecule has 0 spiro atoms. The number of rotatable bonds is 5. The predicted molar refractivity (Wildman–Crippen MR) is 93.4 cm³/mol. The molecule has 1 aliphatic heterocycles. The van der Waals surface area contributed by atoms with Crippen LogP contribution in [-0.2, 0) is 16.4 Å². The summed E-state index contributed by atoms with van der Waals surface area (Å²) >= 11 is 0. The maximum Gasteiger partial charge on any atom is 0.214 e. The van der Waals surface area contributed by atoms with Crippen LogP contribution >= 0.6 is 0 Å². The third-order valence-electron chi connectivity index (χ3n) is 5.40. The number of benzene rings is 1. The minimum atomic E-state index is -3.18. The van der Waals surface area contributed by atoms with Gasteiger partial charge in [-0.05, 0) is 48.8 Å². The summed E-state index contributed by atoms with van der Waals surface area (Å²) in [6, 6.07) is 10.5. The van der Waals surface area contributed by atoms with E-state index >= 15 is 0 Å². The lowest BCUT2D eigenvalue weighted by molar-refractivity contribution is 0.432. The summed E-state index contributed by atoms with van der Waals surface area (Å²) in [5.74, 6) is 0.637. The van der Waals surface area contributed by atoms with E-state index in [4.69, 9.17) is 0 Å². The molecule has 1 aliphatic carbocycles. The van der Waals surface area contributed by atoms with Crippen molar-refractivity contribution in [2.45, 2.75) is 37.6 Å². The quantitative estimate of drug-likeness (QED) is 0.837. The van der Waals surface area contributed by atoms with Gasteiger partial charge >= 0.3 is 0 Å². The number of hydrogen-bond donors (Lipinski definition) is 0. The normalized spacial score (nSPS) is 24.3. The van der Waals surface area contributed by atoms with Crippen LogP contribution in [0.2, 0.25) is 0 Å². The van der Waals surface area contributed by atoms with Gasteiger partial charge in [0, 0.05) is 25.5 Å². The van der Waals surface area contributed by atoms with Gasteiger partial charge in [-0.3, -0.25) is 4.68 Å². The fraction of sp³-hybridized carbons (Fsp3) is 0.500. The minimum absolute atomic E-state index is 0.169. The molecule has 0 amide bonds. The van der Waals surface area contributed by atoms with Crippen LogP contribution in [0.4, 0.5) is 0 Å². The third kappa shape index (κ3) is 3.00. The molecule has 1 saturated heterocycles. The maximum absolute atomic E-state index is 12.7. The second-order valence-corrected chi connectivity index (χ2v) is 8.91. The van der Waals surface area contributed by atoms with Crippen LogP contribution in [0.5, 0.6) is 0 Å². The standard InChI is InChI=1S/C18H23N3O2S/c22-24(23,20-12-8-17(14-20)21-11-3-10-19-21)13-9-16-7-6-15-4-1-2-5-18(15)16/h1-5,10-11,16-17H,6-9,12-14H2. The van der Waals surface area contributed by atoms with Crippen LogP contribution in [0.3, 0.4) is 0 Å². The van der Waals surface area contributed by atoms with Gasteiger partial charge in [-0.2, -0.15) is 9.40 Å². The zero-order valence-electron chi connectivity index (χ0n) is 13.7. The molecular weight excluding hydrogens is 322 g/mol. The topological polar surface area (TPSA) is 55.2 Å². The van der Waals surface area contributed by atoms with Gasteiger partial charge in [0.25, 0.3) is 0 Å². The van der Waals surface area contributed by atoms with Crippen molar-refractivity contribution in [3.05, 3.63) is 53.9 Å². The Morgan fingerprint density at radius 2 is 2.04 bits per heavy atom. The largest absolute Gasteiger partial charge is 0.268 e. The molecule has 1 fully saturated rings. The predicted octanol–water partition coefficient (Wildman–Crippen LogP) is 2.58. The number of sulfonamides is 1. The molecule has 2 aromatic rings. The molecule has 1 aromatic heterocycles. The summed E-state index contributed by atoms with van der Waals surface area (Å²) < 4.78 is 29.0. The first-order valence-corrected chi connectivity index (χ1v) is 10.3. The van der Waals surface area contributed by atoms with E-state index in [1.54, 1.807) is 10.5 Å². The Morgan fingerprint density at radius 3 is 2.88 bits per heavy atom. The second-order valence-electron chi connectivity index (χ2n) is 6.83. The van der Waals surface area contributed by atoms with Gasteiger partial charge < -0.3 is 0 Å². The van der Waals surface area contributed by atoms with Crippen molar-refractivity contribution in [2.24, 2.45) is 0 Å². The maximum atomic E-state index is 12.7. The number of fused-ring (bicyclic) bond motifs is 1. The fourth-order valence-electron chi connectivity index (χ4n) is 4.04. The van der Waals surface area contributed by atoms with Crippen LogP contribution in [-0.4, -0.2) is 41.3 Å². The highest BCUT2D eigenvalue weighted by molar-refractivity contribution is 7.89. The van der Waals surface area contributed by atoms with Gasteiger partial charge in [0.2, 0.25) is 10.0 Å². The highest BCUT2D eigenvalue weighted by Gasteiger charge is 2.33. The number of hydrogen-bond acceptors (Lipinski definition) is 3. The summed E-state index contributed by atoms with van der Waals surface area (Å²) in [5, 5.41) is 4.24. The van der Waals surface area contributed by atoms with Crippen molar-refractivity contribution in [1.29, 1.82) is 0 Å². The second kappa shape index (κ2) is 6.33. The lowest BCUT2D eigenvalue weighted by Gasteiger charge is -2.18. The first kappa shape index (κ1) is 15.8. The highest BCUT2D eigenvalue weighted by Crippen LogP contribution is 2.36. The smallest absolute Gasteiger partial charge is 0.214 e. The van der Waals surface area contributed by atoms with Crippen molar-refractivity contribution in [3.63, 3.8) is 0 Å². The van der Waals surface area contributed by atoms with Gasteiger partial charge in [-0.1, -0.05) is 24.3 Å². The lowest BCUT2D eigenvalue weighted by atomic mass is 9.99. The lowest BCUT2D eigenvalue weighted by Crippen LogP contribution is -2.31. The van der Waals surface area contributed by atoms with E-state index in [0.717, 1.165) is 25.7 Å². The molecule has 2 aliphatic rings. The van der Waals surface area contributed by atoms with E-state index in [2.05, 4.69) is 29.4 Å². The molecule has 4 rings (SSSR count). The molecule has 0 N–H and O–H groups in total. The number of aryl methyl sites for hydroxylation is 1. The molecule has 24 heavy (non-hydrogen) atoms. The SMILES string of the molecule is O=S(=O)(CCC1CCc2ccccc21)N1CCC(n2cccn2)C1. The Labute approximate surface area is 143 Å². The summed E-state index contributed by atoms with van der Waals surface area (Å²) in [5.41, 5.74) is 2.74. The van der Waals surface area contributed by atoms with Crippen LogP contribution in [0.1, 0.15) is 42.3 Å². The van der Waals surface area contributed by atoms with Crippen molar-refractivity contribution in [1.82, 2.24) is 14.1 Å². The molecule has 0 bridgehead atoms. The van der Waals surface area contributed by atoms with E-state index in [-0.39, 0.29) is 11.8 Å².